The number of methoxy groups -OCH3 is 1. The van der Waals surface area contributed by atoms with Crippen LogP contribution >= 0.6 is 0 Å². The number of aryl methyl sites for hydroxylation is 1. The van der Waals surface area contributed by atoms with Gasteiger partial charge in [0, 0.05) is 5.69 Å². The van der Waals surface area contributed by atoms with Gasteiger partial charge in [-0.25, -0.2) is 4.79 Å². The maximum Gasteiger partial charge on any atom is 0.417 e. The maximum absolute atomic E-state index is 13.6. The molecule has 1 N–H and O–H groups in total. The van der Waals surface area contributed by atoms with Gasteiger partial charge in [0.1, 0.15) is 0 Å². The second-order valence-electron chi connectivity index (χ2n) is 7.00. The van der Waals surface area contributed by atoms with Crippen molar-refractivity contribution in [3.05, 3.63) is 88.5 Å². The summed E-state index contributed by atoms with van der Waals surface area (Å²) in [6, 6.07) is 15.4. The van der Waals surface area contributed by atoms with Gasteiger partial charge in [0.2, 0.25) is 0 Å². The van der Waals surface area contributed by atoms with Crippen molar-refractivity contribution in [1.82, 2.24) is 0 Å². The minimum Gasteiger partial charge on any atom is -0.465 e. The molecule has 0 aromatic heterocycles. The van der Waals surface area contributed by atoms with Crippen LogP contribution in [0.15, 0.2) is 60.7 Å². The number of esters is 1. The Morgan fingerprint density at radius 3 is 2.16 bits per heavy atom. The highest BCUT2D eigenvalue weighted by atomic mass is 19.4. The number of ether oxygens (including phenoxy) is 1. The lowest BCUT2D eigenvalue weighted by atomic mass is 9.97. The number of carbonyl (C=O) groups is 2. The number of halogens is 3. The predicted molar refractivity (Wildman–Crippen MR) is 112 cm³/mol. The van der Waals surface area contributed by atoms with Crippen LogP contribution in [0.25, 0.3) is 11.1 Å². The topological polar surface area (TPSA) is 55.4 Å². The Hall–Kier alpha value is -3.61. The monoisotopic (exact) mass is 427 g/mol. The number of carbonyl (C=O) groups excluding carboxylic acids is 2. The van der Waals surface area contributed by atoms with Gasteiger partial charge >= 0.3 is 12.1 Å². The summed E-state index contributed by atoms with van der Waals surface area (Å²) in [5.74, 6) is -1.52. The van der Waals surface area contributed by atoms with Crippen molar-refractivity contribution in [3.63, 3.8) is 0 Å². The number of benzene rings is 3. The Labute approximate surface area is 177 Å². The van der Waals surface area contributed by atoms with Crippen LogP contribution in [0.4, 0.5) is 18.9 Å². The number of amides is 1. The molecule has 0 radical (unpaired) electrons. The smallest absolute Gasteiger partial charge is 0.417 e. The van der Waals surface area contributed by atoms with E-state index in [2.05, 4.69) is 5.32 Å². The largest absolute Gasteiger partial charge is 0.465 e. The Kier molecular flexibility index (Phi) is 6.15. The van der Waals surface area contributed by atoms with Crippen LogP contribution in [0, 0.1) is 13.8 Å². The molecule has 0 saturated carbocycles. The van der Waals surface area contributed by atoms with Crippen LogP contribution < -0.4 is 5.32 Å². The Morgan fingerprint density at radius 1 is 0.871 bits per heavy atom. The van der Waals surface area contributed by atoms with Crippen LogP contribution in [0.5, 0.6) is 0 Å². The lowest BCUT2D eigenvalue weighted by Crippen LogP contribution is -2.20. The number of anilines is 1. The standard InChI is InChI=1S/C24H20F3NO3/c1-14-9-11-18(23(30)31-3)15(2)21(14)28-22(29)19-13-17(16-7-5-4-6-8-16)10-12-20(19)24(25,26)27/h4-13H,1-3H3,(H,28,29). The first kappa shape index (κ1) is 22.1. The molecule has 0 atom stereocenters. The summed E-state index contributed by atoms with van der Waals surface area (Å²) in [6.45, 7) is 3.29. The third-order valence-electron chi connectivity index (χ3n) is 4.99. The molecule has 31 heavy (non-hydrogen) atoms. The molecule has 1 amide bonds. The third kappa shape index (κ3) is 4.60. The van der Waals surface area contributed by atoms with Gasteiger partial charge in [0.15, 0.2) is 0 Å². The van der Waals surface area contributed by atoms with Crippen molar-refractivity contribution in [1.29, 1.82) is 0 Å². The summed E-state index contributed by atoms with van der Waals surface area (Å²) in [5, 5.41) is 2.56. The summed E-state index contributed by atoms with van der Waals surface area (Å²) in [7, 11) is 1.23. The van der Waals surface area contributed by atoms with Crippen molar-refractivity contribution in [2.24, 2.45) is 0 Å². The van der Waals surface area contributed by atoms with Crippen molar-refractivity contribution in [2.45, 2.75) is 20.0 Å². The van der Waals surface area contributed by atoms with Crippen LogP contribution in [-0.2, 0) is 10.9 Å². The zero-order chi connectivity index (χ0) is 22.8. The number of nitrogens with one attached hydrogen (secondary N) is 1. The van der Waals surface area contributed by atoms with Crippen LogP contribution in [0.1, 0.15) is 37.4 Å². The molecular weight excluding hydrogens is 407 g/mol. The highest BCUT2D eigenvalue weighted by Crippen LogP contribution is 2.35. The maximum atomic E-state index is 13.6. The van der Waals surface area contributed by atoms with E-state index >= 15 is 0 Å². The fraction of sp³-hybridized carbons (Fsp3) is 0.167. The van der Waals surface area contributed by atoms with Crippen molar-refractivity contribution in [2.75, 3.05) is 12.4 Å². The van der Waals surface area contributed by atoms with Gasteiger partial charge in [-0.3, -0.25) is 4.79 Å². The van der Waals surface area contributed by atoms with Crippen LogP contribution in [0.3, 0.4) is 0 Å². The minimum atomic E-state index is -4.71. The van der Waals surface area contributed by atoms with Gasteiger partial charge < -0.3 is 10.1 Å². The number of alkyl halides is 3. The molecule has 3 aromatic carbocycles. The van der Waals surface area contributed by atoms with E-state index in [9.17, 15) is 22.8 Å². The van der Waals surface area contributed by atoms with Gasteiger partial charge in [-0.05, 0) is 54.3 Å². The van der Waals surface area contributed by atoms with Gasteiger partial charge in [-0.1, -0.05) is 42.5 Å². The van der Waals surface area contributed by atoms with E-state index in [4.69, 9.17) is 4.74 Å². The van der Waals surface area contributed by atoms with E-state index in [-0.39, 0.29) is 11.3 Å². The molecule has 0 bridgehead atoms. The molecule has 7 heteroatoms. The van der Waals surface area contributed by atoms with Gasteiger partial charge in [-0.15, -0.1) is 0 Å². The summed E-state index contributed by atoms with van der Waals surface area (Å²) < 4.78 is 45.6. The zero-order valence-electron chi connectivity index (χ0n) is 17.1. The fourth-order valence-electron chi connectivity index (χ4n) is 3.34. The minimum absolute atomic E-state index is 0.220. The highest BCUT2D eigenvalue weighted by Gasteiger charge is 2.35. The van der Waals surface area contributed by atoms with Crippen LogP contribution in [-0.4, -0.2) is 19.0 Å². The van der Waals surface area contributed by atoms with Gasteiger partial charge in [-0.2, -0.15) is 13.2 Å². The molecule has 3 aromatic rings. The second kappa shape index (κ2) is 8.63. The first-order valence-electron chi connectivity index (χ1n) is 9.40. The predicted octanol–water partition coefficient (Wildman–Crippen LogP) is 6.03. The molecule has 0 fully saturated rings. The molecule has 0 aliphatic rings. The third-order valence-corrected chi connectivity index (χ3v) is 4.99. The zero-order valence-corrected chi connectivity index (χ0v) is 17.1. The average Bonchev–Trinajstić information content (AvgIpc) is 2.75. The molecule has 0 unspecified atom stereocenters. The lowest BCUT2D eigenvalue weighted by Gasteiger charge is -2.17. The first-order chi connectivity index (χ1) is 14.6. The molecule has 0 heterocycles. The summed E-state index contributed by atoms with van der Waals surface area (Å²) in [5.41, 5.74) is 1.13. The van der Waals surface area contributed by atoms with E-state index in [1.165, 1.54) is 19.2 Å². The van der Waals surface area contributed by atoms with E-state index in [0.29, 0.717) is 22.3 Å². The molecule has 3 rings (SSSR count). The van der Waals surface area contributed by atoms with Crippen LogP contribution in [0.2, 0.25) is 0 Å². The molecule has 0 aliphatic heterocycles. The number of rotatable bonds is 4. The normalized spacial score (nSPS) is 11.2. The summed E-state index contributed by atoms with van der Waals surface area (Å²) >= 11 is 0. The van der Waals surface area contributed by atoms with E-state index in [1.807, 2.05) is 0 Å². The fourth-order valence-corrected chi connectivity index (χ4v) is 3.34. The molecule has 0 aliphatic carbocycles. The first-order valence-corrected chi connectivity index (χ1v) is 9.40. The molecule has 0 saturated heterocycles. The molecule has 160 valence electrons. The van der Waals surface area contributed by atoms with E-state index < -0.39 is 29.2 Å². The van der Waals surface area contributed by atoms with E-state index in [1.54, 1.807) is 56.3 Å². The molecule has 4 nitrogen and oxygen atoms in total. The molecular formula is C24H20F3NO3. The Morgan fingerprint density at radius 2 is 1.55 bits per heavy atom. The number of hydrogen-bond donors (Lipinski definition) is 1. The lowest BCUT2D eigenvalue weighted by molar-refractivity contribution is -0.137. The Balaban J connectivity index is 2.08. The quantitative estimate of drug-likeness (QED) is 0.518. The Bertz CT molecular complexity index is 1140. The number of hydrogen-bond acceptors (Lipinski definition) is 3. The second-order valence-corrected chi connectivity index (χ2v) is 7.00. The highest BCUT2D eigenvalue weighted by molar-refractivity contribution is 6.07. The van der Waals surface area contributed by atoms with E-state index in [0.717, 1.165) is 6.07 Å². The molecule has 0 spiro atoms. The van der Waals surface area contributed by atoms with Gasteiger partial charge in [0.25, 0.3) is 5.91 Å². The summed E-state index contributed by atoms with van der Waals surface area (Å²) in [4.78, 5) is 24.9. The summed E-state index contributed by atoms with van der Waals surface area (Å²) in [6.07, 6.45) is -4.71. The SMILES string of the molecule is COC(=O)c1ccc(C)c(NC(=O)c2cc(-c3ccccc3)ccc2C(F)(F)F)c1C. The average molecular weight is 427 g/mol. The van der Waals surface area contributed by atoms with Crippen molar-refractivity contribution in [3.8, 4) is 11.1 Å². The van der Waals surface area contributed by atoms with Gasteiger partial charge in [0.05, 0.1) is 23.8 Å². The van der Waals surface area contributed by atoms with Crippen molar-refractivity contribution < 1.29 is 27.5 Å². The van der Waals surface area contributed by atoms with Crippen molar-refractivity contribution >= 4 is 17.6 Å².